The number of carbonyl (C=O) groups excluding carboxylic acids is 1. The third-order valence-electron chi connectivity index (χ3n) is 5.98. The molecule has 0 spiro atoms. The lowest BCUT2D eigenvalue weighted by Crippen LogP contribution is -2.44. The smallest absolute Gasteiger partial charge is 0.139 e. The van der Waals surface area contributed by atoms with Crippen LogP contribution in [0, 0.1) is 5.92 Å². The van der Waals surface area contributed by atoms with Crippen molar-refractivity contribution >= 4 is 11.9 Å². The maximum absolute atomic E-state index is 12.7. The summed E-state index contributed by atoms with van der Waals surface area (Å²) in [5.74, 6) is 0.674. The second-order valence-corrected chi connectivity index (χ2v) is 7.69. The molecule has 0 amide bonds. The number of rotatable bonds is 6. The van der Waals surface area contributed by atoms with Crippen molar-refractivity contribution in [3.63, 3.8) is 0 Å². The summed E-state index contributed by atoms with van der Waals surface area (Å²) in [6.45, 7) is 1.03. The van der Waals surface area contributed by atoms with Crippen molar-refractivity contribution in [2.75, 3.05) is 0 Å². The molecule has 2 aliphatic rings. The molecule has 2 fully saturated rings. The average molecular weight is 345 g/mol. The highest BCUT2D eigenvalue weighted by atomic mass is 16.1. The van der Waals surface area contributed by atoms with E-state index >= 15 is 0 Å². The van der Waals surface area contributed by atoms with Crippen LogP contribution in [0.25, 0.3) is 6.08 Å². The molecule has 2 unspecified atom stereocenters. The first-order chi connectivity index (χ1) is 12.8. The molecule has 2 bridgehead atoms. The van der Waals surface area contributed by atoms with E-state index in [4.69, 9.17) is 0 Å². The summed E-state index contributed by atoms with van der Waals surface area (Å²) in [4.78, 5) is 15.4. The van der Waals surface area contributed by atoms with Crippen LogP contribution in [0.15, 0.2) is 66.7 Å². The monoisotopic (exact) mass is 345 g/mol. The van der Waals surface area contributed by atoms with E-state index in [-0.39, 0.29) is 5.92 Å². The van der Waals surface area contributed by atoms with Crippen molar-refractivity contribution in [3.8, 4) is 0 Å². The van der Waals surface area contributed by atoms with Gasteiger partial charge in [-0.2, -0.15) is 0 Å². The van der Waals surface area contributed by atoms with Crippen molar-refractivity contribution in [2.24, 2.45) is 5.92 Å². The molecule has 0 radical (unpaired) electrons. The van der Waals surface area contributed by atoms with E-state index in [0.717, 1.165) is 24.9 Å². The third kappa shape index (κ3) is 3.96. The summed E-state index contributed by atoms with van der Waals surface area (Å²) in [6, 6.07) is 22.1. The quantitative estimate of drug-likeness (QED) is 0.726. The fraction of sp³-hybridized carbons (Fsp3) is 0.375. The molecule has 2 aliphatic heterocycles. The normalized spacial score (nSPS) is 25.6. The van der Waals surface area contributed by atoms with Gasteiger partial charge in [0.25, 0.3) is 0 Å². The number of piperidine rings is 1. The van der Waals surface area contributed by atoms with Crippen LogP contribution < -0.4 is 0 Å². The standard InChI is InChI=1S/C24H27NO/c26-24(13-7-12-19-8-3-1-4-9-19)21-16-22-14-15-23(17-21)25(22)18-20-10-5-2-6-11-20/h1-12,21-23H,13-18H2/b12-7+. The first-order valence-electron chi connectivity index (χ1n) is 9.83. The Balaban J connectivity index is 1.33. The molecule has 0 saturated carbocycles. The molecule has 2 nitrogen and oxygen atoms in total. The predicted octanol–water partition coefficient (Wildman–Crippen LogP) is 5.10. The van der Waals surface area contributed by atoms with Crippen molar-refractivity contribution in [1.82, 2.24) is 4.90 Å². The Labute approximate surface area is 156 Å². The Kier molecular flexibility index (Phi) is 5.31. The van der Waals surface area contributed by atoms with Crippen molar-refractivity contribution in [2.45, 2.75) is 50.7 Å². The molecule has 134 valence electrons. The number of hydrogen-bond acceptors (Lipinski definition) is 2. The highest BCUT2D eigenvalue weighted by Crippen LogP contribution is 2.40. The van der Waals surface area contributed by atoms with Crippen LogP contribution in [-0.4, -0.2) is 22.8 Å². The van der Waals surface area contributed by atoms with Crippen LogP contribution in [0.3, 0.4) is 0 Å². The number of hydrogen-bond donors (Lipinski definition) is 0. The van der Waals surface area contributed by atoms with Gasteiger partial charge in [-0.05, 0) is 36.8 Å². The highest BCUT2D eigenvalue weighted by Gasteiger charge is 2.42. The van der Waals surface area contributed by atoms with Gasteiger partial charge in [-0.1, -0.05) is 72.8 Å². The zero-order chi connectivity index (χ0) is 17.8. The van der Waals surface area contributed by atoms with Gasteiger partial charge in [-0.3, -0.25) is 9.69 Å². The molecule has 26 heavy (non-hydrogen) atoms. The number of carbonyl (C=O) groups is 1. The summed E-state index contributed by atoms with van der Waals surface area (Å²) < 4.78 is 0. The number of Topliss-reactive ketones (excluding diaryl/α,β-unsaturated/α-hetero) is 1. The Hall–Kier alpha value is -2.19. The largest absolute Gasteiger partial charge is 0.299 e. The molecule has 0 N–H and O–H groups in total. The van der Waals surface area contributed by atoms with Gasteiger partial charge in [-0.25, -0.2) is 0 Å². The minimum atomic E-state index is 0.250. The summed E-state index contributed by atoms with van der Waals surface area (Å²) in [6.07, 6.45) is 9.26. The van der Waals surface area contributed by atoms with Gasteiger partial charge in [0, 0.05) is 31.0 Å². The van der Waals surface area contributed by atoms with Crippen LogP contribution in [0.5, 0.6) is 0 Å². The number of benzene rings is 2. The van der Waals surface area contributed by atoms with Gasteiger partial charge >= 0.3 is 0 Å². The van der Waals surface area contributed by atoms with Crippen LogP contribution in [-0.2, 0) is 11.3 Å². The maximum atomic E-state index is 12.7. The fourth-order valence-electron chi connectivity index (χ4n) is 4.63. The van der Waals surface area contributed by atoms with Gasteiger partial charge < -0.3 is 0 Å². The summed E-state index contributed by atoms with van der Waals surface area (Å²) in [7, 11) is 0. The molecule has 2 atom stereocenters. The number of nitrogens with zero attached hydrogens (tertiary/aromatic N) is 1. The predicted molar refractivity (Wildman–Crippen MR) is 107 cm³/mol. The molecule has 0 aromatic heterocycles. The van der Waals surface area contributed by atoms with Crippen LogP contribution in [0.2, 0.25) is 0 Å². The minimum Gasteiger partial charge on any atom is -0.299 e. The van der Waals surface area contributed by atoms with Gasteiger partial charge in [0.1, 0.15) is 5.78 Å². The summed E-state index contributed by atoms with van der Waals surface area (Å²) in [5.41, 5.74) is 2.55. The molecule has 2 saturated heterocycles. The first-order valence-corrected chi connectivity index (χ1v) is 9.83. The topological polar surface area (TPSA) is 20.3 Å². The number of allylic oxidation sites excluding steroid dienone is 1. The maximum Gasteiger partial charge on any atom is 0.139 e. The molecular formula is C24H27NO. The Bertz CT molecular complexity index is 738. The molecule has 2 aromatic carbocycles. The molecule has 2 aromatic rings. The van der Waals surface area contributed by atoms with E-state index in [1.54, 1.807) is 0 Å². The second-order valence-electron chi connectivity index (χ2n) is 7.69. The van der Waals surface area contributed by atoms with E-state index < -0.39 is 0 Å². The van der Waals surface area contributed by atoms with Gasteiger partial charge in [0.15, 0.2) is 0 Å². The van der Waals surface area contributed by atoms with E-state index in [1.165, 1.54) is 18.4 Å². The summed E-state index contributed by atoms with van der Waals surface area (Å²) in [5, 5.41) is 0. The SMILES string of the molecule is O=C(C/C=C/c1ccccc1)C1CC2CCC(C1)N2Cc1ccccc1. The van der Waals surface area contributed by atoms with E-state index in [9.17, 15) is 4.79 Å². The fourth-order valence-corrected chi connectivity index (χ4v) is 4.63. The molecule has 4 rings (SSSR count). The second kappa shape index (κ2) is 8.01. The highest BCUT2D eigenvalue weighted by molar-refractivity contribution is 5.83. The van der Waals surface area contributed by atoms with Crippen LogP contribution in [0.1, 0.15) is 43.2 Å². The van der Waals surface area contributed by atoms with Gasteiger partial charge in [0.2, 0.25) is 0 Å². The van der Waals surface area contributed by atoms with Crippen molar-refractivity contribution < 1.29 is 4.79 Å². The lowest BCUT2D eigenvalue weighted by molar-refractivity contribution is -0.124. The van der Waals surface area contributed by atoms with E-state index in [2.05, 4.69) is 53.4 Å². The number of fused-ring (bicyclic) bond motifs is 2. The lowest BCUT2D eigenvalue weighted by Gasteiger charge is -2.38. The minimum absolute atomic E-state index is 0.250. The van der Waals surface area contributed by atoms with Crippen LogP contribution in [0.4, 0.5) is 0 Å². The van der Waals surface area contributed by atoms with Gasteiger partial charge in [-0.15, -0.1) is 0 Å². The lowest BCUT2D eigenvalue weighted by atomic mass is 9.86. The summed E-state index contributed by atoms with van der Waals surface area (Å²) >= 11 is 0. The number of ketones is 1. The third-order valence-corrected chi connectivity index (χ3v) is 5.98. The first kappa shape index (κ1) is 17.2. The zero-order valence-electron chi connectivity index (χ0n) is 15.3. The molecule has 0 aliphatic carbocycles. The molecular weight excluding hydrogens is 318 g/mol. The van der Waals surface area contributed by atoms with Gasteiger partial charge in [0.05, 0.1) is 0 Å². The van der Waals surface area contributed by atoms with Crippen molar-refractivity contribution in [3.05, 3.63) is 77.9 Å². The Morgan fingerprint density at radius 3 is 2.19 bits per heavy atom. The molecule has 2 heteroatoms. The van der Waals surface area contributed by atoms with E-state index in [1.807, 2.05) is 24.3 Å². The molecule has 2 heterocycles. The van der Waals surface area contributed by atoms with E-state index in [0.29, 0.717) is 24.3 Å². The van der Waals surface area contributed by atoms with Crippen molar-refractivity contribution in [1.29, 1.82) is 0 Å². The Morgan fingerprint density at radius 1 is 0.923 bits per heavy atom. The zero-order valence-corrected chi connectivity index (χ0v) is 15.3. The Morgan fingerprint density at radius 2 is 1.54 bits per heavy atom. The average Bonchev–Trinajstić information content (AvgIpc) is 2.91. The van der Waals surface area contributed by atoms with Crippen LogP contribution >= 0.6 is 0 Å².